The first-order chi connectivity index (χ1) is 20.5. The van der Waals surface area contributed by atoms with Crippen molar-refractivity contribution in [3.05, 3.63) is 118 Å². The normalized spacial score (nSPS) is 15.7. The van der Waals surface area contributed by atoms with Gasteiger partial charge in [0, 0.05) is 41.0 Å². The number of benzene rings is 3. The Morgan fingerprint density at radius 2 is 1.62 bits per heavy atom. The van der Waals surface area contributed by atoms with Crippen LogP contribution in [0.5, 0.6) is 5.75 Å². The highest BCUT2D eigenvalue weighted by molar-refractivity contribution is 6.17. The average Bonchev–Trinajstić information content (AvgIpc) is 3.76. The first-order valence-corrected chi connectivity index (χ1v) is 14.7. The summed E-state index contributed by atoms with van der Waals surface area (Å²) in [7, 11) is 0. The Labute approximate surface area is 246 Å². The predicted molar refractivity (Wildman–Crippen MR) is 167 cm³/mol. The smallest absolute Gasteiger partial charge is 0.268 e. The lowest BCUT2D eigenvalue weighted by molar-refractivity contribution is 0.0947. The summed E-state index contributed by atoms with van der Waals surface area (Å²) in [6.07, 6.45) is 3.34. The number of hydrogen-bond acceptors (Lipinski definition) is 5. The van der Waals surface area contributed by atoms with Crippen molar-refractivity contribution in [1.82, 2.24) is 15.2 Å². The molecule has 1 fully saturated rings. The number of carbonyl (C=O) groups excluding carboxylic acids is 2. The van der Waals surface area contributed by atoms with Gasteiger partial charge in [-0.1, -0.05) is 66.7 Å². The second-order valence-electron chi connectivity index (χ2n) is 11.0. The zero-order valence-electron chi connectivity index (χ0n) is 23.9. The van der Waals surface area contributed by atoms with Gasteiger partial charge in [0.05, 0.1) is 11.3 Å². The van der Waals surface area contributed by atoms with Crippen LogP contribution in [-0.2, 0) is 0 Å². The number of phenols is 1. The molecule has 214 valence electrons. The molecule has 0 bridgehead atoms. The van der Waals surface area contributed by atoms with Crippen LogP contribution in [-0.4, -0.2) is 59.4 Å². The highest BCUT2D eigenvalue weighted by Gasteiger charge is 2.31. The zero-order valence-corrected chi connectivity index (χ0v) is 23.9. The number of aromatic amines is 1. The second kappa shape index (κ2) is 12.1. The third kappa shape index (κ3) is 5.35. The number of aromatic hydroxyl groups is 1. The van der Waals surface area contributed by atoms with E-state index in [1.807, 2.05) is 61.5 Å². The van der Waals surface area contributed by atoms with Gasteiger partial charge in [-0.05, 0) is 69.1 Å². The van der Waals surface area contributed by atoms with Gasteiger partial charge in [0.1, 0.15) is 11.4 Å². The van der Waals surface area contributed by atoms with Crippen molar-refractivity contribution in [2.45, 2.75) is 26.2 Å². The van der Waals surface area contributed by atoms with E-state index >= 15 is 0 Å². The lowest BCUT2D eigenvalue weighted by Crippen LogP contribution is -2.29. The molecule has 0 unspecified atom stereocenters. The molecular formula is C35H36N4O3. The van der Waals surface area contributed by atoms with Crippen LogP contribution in [0.2, 0.25) is 0 Å². The Balaban J connectivity index is 1.47. The number of fused-ring (bicyclic) bond motifs is 1. The van der Waals surface area contributed by atoms with Gasteiger partial charge in [0.15, 0.2) is 5.78 Å². The maximum absolute atomic E-state index is 14.2. The first kappa shape index (κ1) is 27.5. The third-order valence-electron chi connectivity index (χ3n) is 8.31. The molecule has 2 aliphatic rings. The molecular weight excluding hydrogens is 524 g/mol. The quantitative estimate of drug-likeness (QED) is 0.152. The molecule has 0 saturated carbocycles. The Morgan fingerprint density at radius 1 is 0.905 bits per heavy atom. The molecule has 0 aliphatic carbocycles. The lowest BCUT2D eigenvalue weighted by atomic mass is 9.88. The maximum atomic E-state index is 14.2. The number of rotatable bonds is 9. The molecule has 7 nitrogen and oxygen atoms in total. The van der Waals surface area contributed by atoms with Crippen LogP contribution in [0.4, 0.5) is 5.69 Å². The summed E-state index contributed by atoms with van der Waals surface area (Å²) in [5.74, 6) is -0.322. The SMILES string of the molecule is Cc1c(C(=O)NCCCN2CCCC2)[nH]c(C(=C2CNc3ccccc32)c2ccccc2O)c1C(=O)c1ccccc1. The van der Waals surface area contributed by atoms with E-state index in [0.29, 0.717) is 52.3 Å². The number of ketones is 1. The summed E-state index contributed by atoms with van der Waals surface area (Å²) < 4.78 is 0. The Hall–Kier alpha value is -4.62. The van der Waals surface area contributed by atoms with E-state index in [9.17, 15) is 14.7 Å². The average molecular weight is 561 g/mol. The van der Waals surface area contributed by atoms with E-state index in [0.717, 1.165) is 42.9 Å². The van der Waals surface area contributed by atoms with Gasteiger partial charge >= 0.3 is 0 Å². The Kier molecular flexibility index (Phi) is 7.93. The van der Waals surface area contributed by atoms with Crippen molar-refractivity contribution < 1.29 is 14.7 Å². The summed E-state index contributed by atoms with van der Waals surface area (Å²) in [5.41, 5.74) is 6.63. The third-order valence-corrected chi connectivity index (χ3v) is 8.31. The van der Waals surface area contributed by atoms with Crippen LogP contribution in [0, 0.1) is 6.92 Å². The summed E-state index contributed by atoms with van der Waals surface area (Å²) >= 11 is 0. The van der Waals surface area contributed by atoms with Gasteiger partial charge in [-0.3, -0.25) is 9.59 Å². The van der Waals surface area contributed by atoms with Crippen molar-refractivity contribution in [1.29, 1.82) is 0 Å². The van der Waals surface area contributed by atoms with E-state index in [1.54, 1.807) is 24.3 Å². The zero-order chi connectivity index (χ0) is 29.1. The molecule has 0 spiro atoms. The minimum Gasteiger partial charge on any atom is -0.507 e. The van der Waals surface area contributed by atoms with E-state index in [-0.39, 0.29) is 17.4 Å². The number of likely N-dealkylation sites (tertiary alicyclic amines) is 1. The van der Waals surface area contributed by atoms with Gasteiger partial charge in [-0.15, -0.1) is 0 Å². The van der Waals surface area contributed by atoms with E-state index in [2.05, 4.69) is 20.5 Å². The predicted octanol–water partition coefficient (Wildman–Crippen LogP) is 5.86. The van der Waals surface area contributed by atoms with Gasteiger partial charge in [-0.25, -0.2) is 0 Å². The van der Waals surface area contributed by atoms with Crippen LogP contribution in [0.25, 0.3) is 11.1 Å². The van der Waals surface area contributed by atoms with Crippen molar-refractivity contribution in [2.24, 2.45) is 0 Å². The molecule has 2 aliphatic heterocycles. The standard InChI is InChI=1S/C35H36N4O3/c1-23-30(34(41)24-12-3-2-4-13-24)33(38-32(23)35(42)36-18-11-21-39-19-9-10-20-39)31(26-15-6-8-17-29(26)40)27-22-37-28-16-7-5-14-25(27)28/h2-8,12-17,37-38,40H,9-11,18-22H2,1H3,(H,36,42). The van der Waals surface area contributed by atoms with Crippen molar-refractivity contribution in [2.75, 3.05) is 38.0 Å². The summed E-state index contributed by atoms with van der Waals surface area (Å²) in [4.78, 5) is 33.5. The summed E-state index contributed by atoms with van der Waals surface area (Å²) in [6.45, 7) is 6.10. The van der Waals surface area contributed by atoms with Crippen LogP contribution >= 0.6 is 0 Å². The number of anilines is 1. The topological polar surface area (TPSA) is 97.5 Å². The van der Waals surface area contributed by atoms with Crippen LogP contribution < -0.4 is 10.6 Å². The Bertz CT molecular complexity index is 1650. The second-order valence-corrected chi connectivity index (χ2v) is 11.0. The molecule has 7 heteroatoms. The number of aromatic nitrogens is 1. The van der Waals surface area contributed by atoms with Crippen molar-refractivity contribution in [3.8, 4) is 5.75 Å². The molecule has 42 heavy (non-hydrogen) atoms. The summed E-state index contributed by atoms with van der Waals surface area (Å²) in [5, 5.41) is 17.6. The maximum Gasteiger partial charge on any atom is 0.268 e. The van der Waals surface area contributed by atoms with Crippen molar-refractivity contribution in [3.63, 3.8) is 0 Å². The molecule has 1 aromatic heterocycles. The number of para-hydroxylation sites is 2. The molecule has 3 heterocycles. The van der Waals surface area contributed by atoms with Gasteiger partial charge in [0.2, 0.25) is 0 Å². The lowest BCUT2D eigenvalue weighted by Gasteiger charge is -2.15. The van der Waals surface area contributed by atoms with E-state index in [4.69, 9.17) is 0 Å². The number of nitrogens with zero attached hydrogens (tertiary/aromatic N) is 1. The van der Waals surface area contributed by atoms with Crippen LogP contribution in [0.15, 0.2) is 78.9 Å². The molecule has 4 aromatic rings. The van der Waals surface area contributed by atoms with Crippen molar-refractivity contribution >= 4 is 28.5 Å². The van der Waals surface area contributed by atoms with Gasteiger partial charge in [-0.2, -0.15) is 0 Å². The largest absolute Gasteiger partial charge is 0.507 e. The number of H-pyrrole nitrogens is 1. The molecule has 6 rings (SSSR count). The van der Waals surface area contributed by atoms with E-state index < -0.39 is 0 Å². The fourth-order valence-corrected chi connectivity index (χ4v) is 6.16. The van der Waals surface area contributed by atoms with Gasteiger partial charge in [0.25, 0.3) is 5.91 Å². The molecule has 3 aromatic carbocycles. The van der Waals surface area contributed by atoms with Crippen LogP contribution in [0.3, 0.4) is 0 Å². The minimum atomic E-state index is -0.242. The Morgan fingerprint density at radius 3 is 2.40 bits per heavy atom. The fourth-order valence-electron chi connectivity index (χ4n) is 6.16. The molecule has 0 atom stereocenters. The fraction of sp³-hybridized carbons (Fsp3) is 0.257. The first-order valence-electron chi connectivity index (χ1n) is 14.7. The monoisotopic (exact) mass is 560 g/mol. The molecule has 0 radical (unpaired) electrons. The number of phenolic OH excluding ortho intramolecular Hbond substituents is 1. The molecule has 4 N–H and O–H groups in total. The number of amides is 1. The van der Waals surface area contributed by atoms with E-state index in [1.165, 1.54) is 12.8 Å². The highest BCUT2D eigenvalue weighted by atomic mass is 16.3. The molecule has 1 saturated heterocycles. The summed E-state index contributed by atoms with van der Waals surface area (Å²) in [6, 6.07) is 24.3. The molecule has 1 amide bonds. The van der Waals surface area contributed by atoms with Crippen LogP contribution in [0.1, 0.15) is 68.1 Å². The minimum absolute atomic E-state index is 0.0997. The number of nitrogens with one attached hydrogen (secondary N) is 3. The number of hydrogen-bond donors (Lipinski definition) is 4. The van der Waals surface area contributed by atoms with Gasteiger partial charge < -0.3 is 25.6 Å². The number of carbonyl (C=O) groups is 2. The highest BCUT2D eigenvalue weighted by Crippen LogP contribution is 2.43.